The number of carbonyl (C=O) groups is 1. The topological polar surface area (TPSA) is 54.5 Å². The summed E-state index contributed by atoms with van der Waals surface area (Å²) in [6.07, 6.45) is 5.55. The van der Waals surface area contributed by atoms with Crippen molar-refractivity contribution in [2.75, 3.05) is 6.54 Å². The predicted molar refractivity (Wildman–Crippen MR) is 116 cm³/mol. The predicted octanol–water partition coefficient (Wildman–Crippen LogP) is 5.03. The van der Waals surface area contributed by atoms with Crippen molar-refractivity contribution in [2.45, 2.75) is 77.1 Å². The van der Waals surface area contributed by atoms with Gasteiger partial charge in [0.25, 0.3) is 0 Å². The summed E-state index contributed by atoms with van der Waals surface area (Å²) in [7, 11) is 0. The molecule has 4 rings (SSSR count). The van der Waals surface area contributed by atoms with E-state index in [0.717, 1.165) is 36.0 Å². The Kier molecular flexibility index (Phi) is 5.96. The highest BCUT2D eigenvalue weighted by Crippen LogP contribution is 2.40. The van der Waals surface area contributed by atoms with Crippen molar-refractivity contribution in [3.63, 3.8) is 0 Å². The second kappa shape index (κ2) is 8.50. The molecule has 0 unspecified atom stereocenters. The minimum Gasteiger partial charge on any atom is -0.444 e. The van der Waals surface area contributed by atoms with E-state index in [1.54, 1.807) is 6.07 Å². The van der Waals surface area contributed by atoms with Gasteiger partial charge in [0.2, 0.25) is 0 Å². The van der Waals surface area contributed by atoms with Gasteiger partial charge in [0.1, 0.15) is 11.4 Å². The molecule has 1 N–H and O–H groups in total. The largest absolute Gasteiger partial charge is 0.444 e. The summed E-state index contributed by atoms with van der Waals surface area (Å²) in [4.78, 5) is 19.6. The van der Waals surface area contributed by atoms with Gasteiger partial charge in [-0.15, -0.1) is 0 Å². The normalized spacial score (nSPS) is 24.1. The molecule has 1 saturated heterocycles. The second-order valence-corrected chi connectivity index (χ2v) is 9.66. The van der Waals surface area contributed by atoms with Crippen LogP contribution in [0.1, 0.15) is 58.6 Å². The molecule has 1 aromatic carbocycles. The van der Waals surface area contributed by atoms with Gasteiger partial charge in [-0.3, -0.25) is 4.98 Å². The minimum absolute atomic E-state index is 0.141. The van der Waals surface area contributed by atoms with Crippen LogP contribution < -0.4 is 5.32 Å². The third-order valence-electron chi connectivity index (χ3n) is 6.19. The number of amides is 1. The summed E-state index contributed by atoms with van der Waals surface area (Å²) in [6.45, 7) is 7.09. The van der Waals surface area contributed by atoms with Gasteiger partial charge < -0.3 is 15.0 Å². The lowest BCUT2D eigenvalue weighted by Crippen LogP contribution is -2.48. The van der Waals surface area contributed by atoms with Crippen LogP contribution in [0.15, 0.2) is 30.3 Å². The maximum Gasteiger partial charge on any atom is 0.410 e. The van der Waals surface area contributed by atoms with Gasteiger partial charge in [0.15, 0.2) is 0 Å². The molecule has 1 saturated carbocycles. The fourth-order valence-corrected chi connectivity index (χ4v) is 4.95. The van der Waals surface area contributed by atoms with Crippen LogP contribution in [-0.4, -0.2) is 40.2 Å². The molecule has 1 aliphatic heterocycles. The number of likely N-dealkylation sites (tertiary alicyclic amines) is 1. The zero-order valence-corrected chi connectivity index (χ0v) is 18.2. The number of rotatable bonds is 4. The van der Waals surface area contributed by atoms with Crippen LogP contribution in [0.5, 0.6) is 0 Å². The van der Waals surface area contributed by atoms with Crippen molar-refractivity contribution in [1.29, 1.82) is 0 Å². The zero-order valence-electron chi connectivity index (χ0n) is 18.2. The highest BCUT2D eigenvalue weighted by Gasteiger charge is 2.45. The van der Waals surface area contributed by atoms with Gasteiger partial charge in [-0.25, -0.2) is 9.18 Å². The summed E-state index contributed by atoms with van der Waals surface area (Å²) in [5.41, 5.74) is 1.21. The number of nitrogens with one attached hydrogen (secondary N) is 1. The van der Waals surface area contributed by atoms with Crippen molar-refractivity contribution in [3.05, 3.63) is 41.8 Å². The number of ether oxygens (including phenoxy) is 1. The molecule has 1 aliphatic carbocycles. The van der Waals surface area contributed by atoms with Gasteiger partial charge in [-0.05, 0) is 70.2 Å². The van der Waals surface area contributed by atoms with Gasteiger partial charge in [0.05, 0.1) is 11.2 Å². The lowest BCUT2D eigenvalue weighted by atomic mass is 9.85. The number of benzene rings is 1. The molecule has 5 nitrogen and oxygen atoms in total. The number of carbonyl (C=O) groups excluding carboxylic acids is 1. The number of hydrogen-bond donors (Lipinski definition) is 1. The minimum atomic E-state index is -0.490. The van der Waals surface area contributed by atoms with E-state index in [0.29, 0.717) is 18.5 Å². The molecule has 0 radical (unpaired) electrons. The van der Waals surface area contributed by atoms with Gasteiger partial charge >= 0.3 is 6.09 Å². The first-order valence-electron chi connectivity index (χ1n) is 11.1. The van der Waals surface area contributed by atoms with E-state index in [1.807, 2.05) is 37.8 Å². The van der Waals surface area contributed by atoms with Crippen molar-refractivity contribution in [1.82, 2.24) is 15.2 Å². The molecular weight excluding hydrogens is 381 g/mol. The van der Waals surface area contributed by atoms with E-state index in [1.165, 1.54) is 31.4 Å². The van der Waals surface area contributed by atoms with Crippen molar-refractivity contribution < 1.29 is 13.9 Å². The molecule has 3 atom stereocenters. The Labute approximate surface area is 178 Å². The number of halogens is 1. The molecule has 2 heterocycles. The Balaban J connectivity index is 1.41. The molecule has 162 valence electrons. The average Bonchev–Trinajstić information content (AvgIpc) is 3.05. The molecule has 2 fully saturated rings. The van der Waals surface area contributed by atoms with Crippen molar-refractivity contribution in [3.8, 4) is 0 Å². The van der Waals surface area contributed by atoms with E-state index >= 15 is 0 Å². The summed E-state index contributed by atoms with van der Waals surface area (Å²) in [5, 5.41) is 4.29. The first-order chi connectivity index (χ1) is 14.3. The van der Waals surface area contributed by atoms with Gasteiger partial charge in [-0.1, -0.05) is 18.9 Å². The fourth-order valence-electron chi connectivity index (χ4n) is 4.95. The number of fused-ring (bicyclic) bond motifs is 2. The highest BCUT2D eigenvalue weighted by molar-refractivity contribution is 5.78. The monoisotopic (exact) mass is 413 g/mol. The Morgan fingerprint density at radius 1 is 1.23 bits per heavy atom. The number of hydrogen-bond acceptors (Lipinski definition) is 4. The number of pyridine rings is 1. The average molecular weight is 414 g/mol. The summed E-state index contributed by atoms with van der Waals surface area (Å²) in [6, 6.07) is 8.91. The Morgan fingerprint density at radius 2 is 2.03 bits per heavy atom. The smallest absolute Gasteiger partial charge is 0.410 e. The van der Waals surface area contributed by atoms with E-state index in [2.05, 4.69) is 10.3 Å². The lowest BCUT2D eigenvalue weighted by Gasteiger charge is -2.35. The first-order valence-corrected chi connectivity index (χ1v) is 11.1. The van der Waals surface area contributed by atoms with Crippen LogP contribution in [0.2, 0.25) is 0 Å². The van der Waals surface area contributed by atoms with E-state index in [-0.39, 0.29) is 18.0 Å². The van der Waals surface area contributed by atoms with Crippen LogP contribution in [0, 0.1) is 11.7 Å². The second-order valence-electron chi connectivity index (χ2n) is 9.66. The quantitative estimate of drug-likeness (QED) is 0.764. The summed E-state index contributed by atoms with van der Waals surface area (Å²) >= 11 is 0. The molecule has 2 aromatic rings. The Morgan fingerprint density at radius 3 is 2.83 bits per heavy atom. The summed E-state index contributed by atoms with van der Waals surface area (Å²) < 4.78 is 19.1. The molecule has 2 aliphatic rings. The third kappa shape index (κ3) is 4.75. The zero-order chi connectivity index (χ0) is 21.3. The van der Waals surface area contributed by atoms with Crippen molar-refractivity contribution in [2.24, 2.45) is 5.92 Å². The number of aromatic nitrogens is 1. The molecule has 0 spiro atoms. The van der Waals surface area contributed by atoms with Crippen LogP contribution in [0.3, 0.4) is 0 Å². The standard InChI is InChI=1S/C24H32FN3O2/c1-24(2,3)30-23(29)28-20(13-17-6-4-5-7-22(17)28)15-26-14-19-10-8-16-12-18(25)9-11-21(16)27-19/h8-12,17,20,22,26H,4-7,13-15H2,1-3H3/t17-,20+,22-/m0/s1. The van der Waals surface area contributed by atoms with E-state index in [4.69, 9.17) is 4.74 Å². The highest BCUT2D eigenvalue weighted by atomic mass is 19.1. The maximum atomic E-state index is 13.4. The maximum absolute atomic E-state index is 13.4. The van der Waals surface area contributed by atoms with E-state index in [9.17, 15) is 9.18 Å². The fraction of sp³-hybridized carbons (Fsp3) is 0.583. The van der Waals surface area contributed by atoms with Gasteiger partial charge in [-0.2, -0.15) is 0 Å². The number of nitrogens with zero attached hydrogens (tertiary/aromatic N) is 2. The lowest BCUT2D eigenvalue weighted by molar-refractivity contribution is 0.0104. The van der Waals surface area contributed by atoms with E-state index < -0.39 is 5.60 Å². The van der Waals surface area contributed by atoms with Crippen LogP contribution in [0.4, 0.5) is 9.18 Å². The molecule has 0 bridgehead atoms. The Hall–Kier alpha value is -2.21. The summed E-state index contributed by atoms with van der Waals surface area (Å²) in [5.74, 6) is 0.326. The third-order valence-corrected chi connectivity index (χ3v) is 6.19. The van der Waals surface area contributed by atoms with Gasteiger partial charge in [0, 0.05) is 30.6 Å². The molecular formula is C24H32FN3O2. The Bertz CT molecular complexity index is 911. The van der Waals surface area contributed by atoms with Crippen LogP contribution in [-0.2, 0) is 11.3 Å². The molecule has 30 heavy (non-hydrogen) atoms. The van der Waals surface area contributed by atoms with Crippen LogP contribution in [0.25, 0.3) is 10.9 Å². The molecule has 1 aromatic heterocycles. The first kappa shape index (κ1) is 21.0. The molecule has 6 heteroatoms. The SMILES string of the molecule is CC(C)(C)OC(=O)N1[C@@H](CNCc2ccc3cc(F)ccc3n2)C[C@@H]2CCCC[C@@H]21. The van der Waals surface area contributed by atoms with Crippen molar-refractivity contribution >= 4 is 17.0 Å². The molecule has 1 amide bonds. The van der Waals surface area contributed by atoms with Crippen LogP contribution >= 0.6 is 0 Å².